The van der Waals surface area contributed by atoms with Gasteiger partial charge in [0, 0.05) is 6.04 Å². The number of ether oxygens (including phenoxy) is 2. The van der Waals surface area contributed by atoms with E-state index in [2.05, 4.69) is 5.32 Å². The van der Waals surface area contributed by atoms with Crippen LogP contribution in [0.4, 0.5) is 0 Å². The summed E-state index contributed by atoms with van der Waals surface area (Å²) in [6.07, 6.45) is 5.05. The van der Waals surface area contributed by atoms with Crippen LogP contribution in [-0.2, 0) is 11.2 Å². The maximum atomic E-state index is 11.9. The standard InChI is InChI=1S/C15H21NO3/c1-18-13-8-7-11(9-14(13)19-2)10-15(17)16-12-5-3-4-6-12/h7-9,12H,3-6,10H2,1-2H3,(H,16,17). The van der Waals surface area contributed by atoms with Crippen LogP contribution in [0.2, 0.25) is 0 Å². The van der Waals surface area contributed by atoms with E-state index in [0.717, 1.165) is 18.4 Å². The number of hydrogen-bond acceptors (Lipinski definition) is 3. The summed E-state index contributed by atoms with van der Waals surface area (Å²) < 4.78 is 10.4. The molecule has 4 nitrogen and oxygen atoms in total. The molecular formula is C15H21NO3. The lowest BCUT2D eigenvalue weighted by molar-refractivity contribution is -0.121. The molecule has 1 N–H and O–H groups in total. The summed E-state index contributed by atoms with van der Waals surface area (Å²) in [5.41, 5.74) is 0.938. The first-order valence-electron chi connectivity index (χ1n) is 6.73. The lowest BCUT2D eigenvalue weighted by atomic mass is 10.1. The van der Waals surface area contributed by atoms with Gasteiger partial charge in [-0.05, 0) is 30.5 Å². The third-order valence-corrected chi connectivity index (χ3v) is 3.53. The van der Waals surface area contributed by atoms with E-state index in [0.29, 0.717) is 24.0 Å². The fourth-order valence-electron chi connectivity index (χ4n) is 2.52. The molecule has 19 heavy (non-hydrogen) atoms. The number of hydrogen-bond donors (Lipinski definition) is 1. The Morgan fingerprint density at radius 3 is 2.53 bits per heavy atom. The molecule has 1 aromatic carbocycles. The number of benzene rings is 1. The average Bonchev–Trinajstić information content (AvgIpc) is 2.91. The number of carbonyl (C=O) groups excluding carboxylic acids is 1. The molecule has 1 aliphatic rings. The zero-order chi connectivity index (χ0) is 13.7. The highest BCUT2D eigenvalue weighted by atomic mass is 16.5. The fourth-order valence-corrected chi connectivity index (χ4v) is 2.52. The highest BCUT2D eigenvalue weighted by Gasteiger charge is 2.17. The maximum absolute atomic E-state index is 11.9. The summed E-state index contributed by atoms with van der Waals surface area (Å²) in [6, 6.07) is 5.95. The topological polar surface area (TPSA) is 47.6 Å². The van der Waals surface area contributed by atoms with Crippen LogP contribution in [0.15, 0.2) is 18.2 Å². The highest BCUT2D eigenvalue weighted by Crippen LogP contribution is 2.27. The molecule has 104 valence electrons. The molecule has 0 radical (unpaired) electrons. The summed E-state index contributed by atoms with van der Waals surface area (Å²) in [5, 5.41) is 3.08. The zero-order valence-corrected chi connectivity index (χ0v) is 11.6. The van der Waals surface area contributed by atoms with Crippen LogP contribution in [0, 0.1) is 0 Å². The van der Waals surface area contributed by atoms with Crippen LogP contribution < -0.4 is 14.8 Å². The molecule has 1 fully saturated rings. The molecule has 0 atom stereocenters. The van der Waals surface area contributed by atoms with Crippen LogP contribution >= 0.6 is 0 Å². The van der Waals surface area contributed by atoms with Crippen molar-refractivity contribution in [2.24, 2.45) is 0 Å². The molecule has 0 bridgehead atoms. The maximum Gasteiger partial charge on any atom is 0.224 e. The van der Waals surface area contributed by atoms with Crippen LogP contribution in [0.3, 0.4) is 0 Å². The third kappa shape index (κ3) is 3.63. The van der Waals surface area contributed by atoms with Crippen molar-refractivity contribution in [3.63, 3.8) is 0 Å². The normalized spacial score (nSPS) is 15.3. The summed E-state index contributed by atoms with van der Waals surface area (Å²) in [6.45, 7) is 0. The molecule has 0 saturated heterocycles. The minimum Gasteiger partial charge on any atom is -0.493 e. The van der Waals surface area contributed by atoms with Crippen molar-refractivity contribution in [2.75, 3.05) is 14.2 Å². The second-order valence-electron chi connectivity index (χ2n) is 4.92. The van der Waals surface area contributed by atoms with Gasteiger partial charge in [0.15, 0.2) is 11.5 Å². The summed E-state index contributed by atoms with van der Waals surface area (Å²) in [7, 11) is 3.20. The highest BCUT2D eigenvalue weighted by molar-refractivity contribution is 5.79. The van der Waals surface area contributed by atoms with Crippen LogP contribution in [0.25, 0.3) is 0 Å². The van der Waals surface area contributed by atoms with E-state index in [4.69, 9.17) is 9.47 Å². The predicted octanol–water partition coefficient (Wildman–Crippen LogP) is 2.31. The number of carbonyl (C=O) groups is 1. The van der Waals surface area contributed by atoms with Crippen LogP contribution in [0.1, 0.15) is 31.2 Å². The third-order valence-electron chi connectivity index (χ3n) is 3.53. The minimum atomic E-state index is 0.0825. The summed E-state index contributed by atoms with van der Waals surface area (Å²) in [4.78, 5) is 11.9. The Morgan fingerprint density at radius 1 is 1.21 bits per heavy atom. The Hall–Kier alpha value is -1.71. The van der Waals surface area contributed by atoms with Gasteiger partial charge in [-0.3, -0.25) is 4.79 Å². The molecule has 4 heteroatoms. The van der Waals surface area contributed by atoms with Gasteiger partial charge in [0.25, 0.3) is 0 Å². The molecular weight excluding hydrogens is 242 g/mol. The van der Waals surface area contributed by atoms with Gasteiger partial charge >= 0.3 is 0 Å². The molecule has 1 aliphatic carbocycles. The first-order chi connectivity index (χ1) is 9.22. The van der Waals surface area contributed by atoms with Gasteiger partial charge in [0.1, 0.15) is 0 Å². The molecule has 0 heterocycles. The molecule has 2 rings (SSSR count). The van der Waals surface area contributed by atoms with Gasteiger partial charge in [-0.25, -0.2) is 0 Å². The van der Waals surface area contributed by atoms with Crippen molar-refractivity contribution in [3.8, 4) is 11.5 Å². The fraction of sp³-hybridized carbons (Fsp3) is 0.533. The van der Waals surface area contributed by atoms with E-state index >= 15 is 0 Å². The van der Waals surface area contributed by atoms with Crippen molar-refractivity contribution >= 4 is 5.91 Å². The summed E-state index contributed by atoms with van der Waals surface area (Å²) >= 11 is 0. The second-order valence-corrected chi connectivity index (χ2v) is 4.92. The summed E-state index contributed by atoms with van der Waals surface area (Å²) in [5.74, 6) is 1.43. The first kappa shape index (κ1) is 13.7. The molecule has 0 unspecified atom stereocenters. The van der Waals surface area contributed by atoms with Crippen molar-refractivity contribution in [3.05, 3.63) is 23.8 Å². The monoisotopic (exact) mass is 263 g/mol. The van der Waals surface area contributed by atoms with Gasteiger partial charge in [0.05, 0.1) is 20.6 Å². The number of rotatable bonds is 5. The quantitative estimate of drug-likeness (QED) is 0.886. The minimum absolute atomic E-state index is 0.0825. The van der Waals surface area contributed by atoms with Crippen molar-refractivity contribution in [1.29, 1.82) is 0 Å². The smallest absolute Gasteiger partial charge is 0.224 e. The predicted molar refractivity (Wildman–Crippen MR) is 73.6 cm³/mol. The lowest BCUT2D eigenvalue weighted by Gasteiger charge is -2.13. The number of methoxy groups -OCH3 is 2. The Balaban J connectivity index is 1.96. The molecule has 0 aromatic heterocycles. The number of nitrogens with one attached hydrogen (secondary N) is 1. The molecule has 1 aromatic rings. The Kier molecular flexibility index (Phi) is 4.66. The van der Waals surface area contributed by atoms with Crippen molar-refractivity contribution < 1.29 is 14.3 Å². The Labute approximate surface area is 114 Å². The largest absolute Gasteiger partial charge is 0.493 e. The van der Waals surface area contributed by atoms with E-state index < -0.39 is 0 Å². The van der Waals surface area contributed by atoms with Gasteiger partial charge in [-0.1, -0.05) is 18.9 Å². The first-order valence-corrected chi connectivity index (χ1v) is 6.73. The molecule has 1 amide bonds. The lowest BCUT2D eigenvalue weighted by Crippen LogP contribution is -2.33. The Morgan fingerprint density at radius 2 is 1.89 bits per heavy atom. The van der Waals surface area contributed by atoms with E-state index in [-0.39, 0.29) is 5.91 Å². The molecule has 0 aliphatic heterocycles. The molecule has 0 spiro atoms. The van der Waals surface area contributed by atoms with E-state index in [1.807, 2.05) is 18.2 Å². The van der Waals surface area contributed by atoms with Gasteiger partial charge in [-0.2, -0.15) is 0 Å². The second kappa shape index (κ2) is 6.45. The Bertz CT molecular complexity index is 439. The number of amides is 1. The van der Waals surface area contributed by atoms with Gasteiger partial charge in [0.2, 0.25) is 5.91 Å². The SMILES string of the molecule is COc1ccc(CC(=O)NC2CCCC2)cc1OC. The van der Waals surface area contributed by atoms with Crippen molar-refractivity contribution in [1.82, 2.24) is 5.32 Å². The molecule has 1 saturated carbocycles. The van der Waals surface area contributed by atoms with E-state index in [1.165, 1.54) is 12.8 Å². The van der Waals surface area contributed by atoms with Crippen LogP contribution in [-0.4, -0.2) is 26.2 Å². The zero-order valence-electron chi connectivity index (χ0n) is 11.6. The van der Waals surface area contributed by atoms with E-state index in [1.54, 1.807) is 14.2 Å². The van der Waals surface area contributed by atoms with Crippen LogP contribution in [0.5, 0.6) is 11.5 Å². The average molecular weight is 263 g/mol. The van der Waals surface area contributed by atoms with E-state index in [9.17, 15) is 4.79 Å². The van der Waals surface area contributed by atoms with Gasteiger partial charge in [-0.15, -0.1) is 0 Å². The van der Waals surface area contributed by atoms with Gasteiger partial charge < -0.3 is 14.8 Å². The van der Waals surface area contributed by atoms with Crippen molar-refractivity contribution in [2.45, 2.75) is 38.1 Å².